The Balaban J connectivity index is 2.27. The van der Waals surface area contributed by atoms with Crippen molar-refractivity contribution < 1.29 is 0 Å². The van der Waals surface area contributed by atoms with E-state index in [4.69, 9.17) is 0 Å². The Bertz CT molecular complexity index is 384. The highest BCUT2D eigenvalue weighted by molar-refractivity contribution is 5.55. The Morgan fingerprint density at radius 2 is 2.00 bits per heavy atom. The molecule has 2 rings (SSSR count). The van der Waals surface area contributed by atoms with E-state index in [1.54, 1.807) is 0 Å². The molecule has 94 valence electrons. The largest absolute Gasteiger partial charge is 0.371 e. The molecule has 1 fully saturated rings. The van der Waals surface area contributed by atoms with Crippen LogP contribution in [0.2, 0.25) is 0 Å². The average molecular weight is 232 g/mol. The van der Waals surface area contributed by atoms with Gasteiger partial charge in [0.25, 0.3) is 0 Å². The second-order valence-corrected chi connectivity index (χ2v) is 5.90. The summed E-state index contributed by atoms with van der Waals surface area (Å²) in [6.07, 6.45) is 1.29. The van der Waals surface area contributed by atoms with E-state index in [-0.39, 0.29) is 0 Å². The fourth-order valence-corrected chi connectivity index (χ4v) is 2.62. The maximum absolute atomic E-state index is 3.34. The Labute approximate surface area is 105 Å². The Morgan fingerprint density at radius 3 is 2.59 bits per heavy atom. The fourth-order valence-electron chi connectivity index (χ4n) is 2.62. The number of nitrogens with zero attached hydrogens (tertiary/aromatic N) is 1. The summed E-state index contributed by atoms with van der Waals surface area (Å²) in [5.41, 5.74) is 3.27. The SMILES string of the molecule is CNC(C)c1ccccc1N1CCC(C)(C)C1. The first-order valence-corrected chi connectivity index (χ1v) is 6.55. The van der Waals surface area contributed by atoms with Gasteiger partial charge in [-0.1, -0.05) is 32.0 Å². The molecule has 1 aliphatic heterocycles. The highest BCUT2D eigenvalue weighted by Crippen LogP contribution is 2.35. The van der Waals surface area contributed by atoms with Crippen LogP contribution in [0.5, 0.6) is 0 Å². The average Bonchev–Trinajstić information content (AvgIpc) is 2.68. The lowest BCUT2D eigenvalue weighted by molar-refractivity contribution is 0.418. The number of rotatable bonds is 3. The van der Waals surface area contributed by atoms with Crippen molar-refractivity contribution in [1.29, 1.82) is 0 Å². The quantitative estimate of drug-likeness (QED) is 0.861. The minimum Gasteiger partial charge on any atom is -0.371 e. The van der Waals surface area contributed by atoms with Crippen LogP contribution >= 0.6 is 0 Å². The molecule has 2 heteroatoms. The van der Waals surface area contributed by atoms with E-state index in [0.29, 0.717) is 11.5 Å². The molecule has 0 bridgehead atoms. The summed E-state index contributed by atoms with van der Waals surface area (Å²) in [6, 6.07) is 9.18. The molecular weight excluding hydrogens is 208 g/mol. The number of anilines is 1. The molecule has 1 aromatic carbocycles. The van der Waals surface area contributed by atoms with E-state index < -0.39 is 0 Å². The van der Waals surface area contributed by atoms with E-state index in [1.807, 2.05) is 7.05 Å². The lowest BCUT2D eigenvalue weighted by Crippen LogP contribution is -2.25. The van der Waals surface area contributed by atoms with Gasteiger partial charge in [0, 0.05) is 24.8 Å². The topological polar surface area (TPSA) is 15.3 Å². The Morgan fingerprint density at radius 1 is 1.29 bits per heavy atom. The summed E-state index contributed by atoms with van der Waals surface area (Å²) in [4.78, 5) is 2.53. The molecule has 0 spiro atoms. The molecule has 1 aromatic rings. The first-order valence-electron chi connectivity index (χ1n) is 6.55. The van der Waals surface area contributed by atoms with Crippen molar-refractivity contribution in [2.45, 2.75) is 33.2 Å². The predicted molar refractivity (Wildman–Crippen MR) is 74.5 cm³/mol. The molecule has 1 unspecified atom stereocenters. The number of hydrogen-bond acceptors (Lipinski definition) is 2. The first kappa shape index (κ1) is 12.4. The molecule has 1 N–H and O–H groups in total. The summed E-state index contributed by atoms with van der Waals surface area (Å²) in [5, 5.41) is 3.34. The molecule has 1 heterocycles. The molecule has 0 amide bonds. The summed E-state index contributed by atoms with van der Waals surface area (Å²) < 4.78 is 0. The van der Waals surface area contributed by atoms with Crippen LogP contribution in [0.25, 0.3) is 0 Å². The summed E-state index contributed by atoms with van der Waals surface area (Å²) in [6.45, 7) is 9.29. The summed E-state index contributed by atoms with van der Waals surface area (Å²) in [7, 11) is 2.02. The molecule has 17 heavy (non-hydrogen) atoms. The zero-order valence-electron chi connectivity index (χ0n) is 11.5. The number of nitrogens with one attached hydrogen (secondary N) is 1. The van der Waals surface area contributed by atoms with Crippen LogP contribution in [-0.2, 0) is 0 Å². The second-order valence-electron chi connectivity index (χ2n) is 5.90. The summed E-state index contributed by atoms with van der Waals surface area (Å²) in [5.74, 6) is 0. The van der Waals surface area contributed by atoms with E-state index in [1.165, 1.54) is 30.8 Å². The number of benzene rings is 1. The highest BCUT2D eigenvalue weighted by atomic mass is 15.2. The van der Waals surface area contributed by atoms with Gasteiger partial charge in [-0.2, -0.15) is 0 Å². The van der Waals surface area contributed by atoms with Crippen molar-refractivity contribution >= 4 is 5.69 Å². The second kappa shape index (κ2) is 4.69. The van der Waals surface area contributed by atoms with Crippen LogP contribution in [-0.4, -0.2) is 20.1 Å². The van der Waals surface area contributed by atoms with Gasteiger partial charge in [-0.15, -0.1) is 0 Å². The Hall–Kier alpha value is -1.02. The van der Waals surface area contributed by atoms with E-state index >= 15 is 0 Å². The van der Waals surface area contributed by atoms with Gasteiger partial charge in [0.2, 0.25) is 0 Å². The van der Waals surface area contributed by atoms with E-state index in [0.717, 1.165) is 0 Å². The van der Waals surface area contributed by atoms with Crippen molar-refractivity contribution in [2.75, 3.05) is 25.0 Å². The van der Waals surface area contributed by atoms with Gasteiger partial charge in [-0.25, -0.2) is 0 Å². The molecule has 1 atom stereocenters. The van der Waals surface area contributed by atoms with Crippen molar-refractivity contribution in [3.8, 4) is 0 Å². The molecule has 1 aliphatic rings. The summed E-state index contributed by atoms with van der Waals surface area (Å²) >= 11 is 0. The van der Waals surface area contributed by atoms with Crippen LogP contribution in [0, 0.1) is 5.41 Å². The normalized spacial score (nSPS) is 20.6. The third-order valence-corrected chi connectivity index (χ3v) is 3.85. The lowest BCUT2D eigenvalue weighted by Gasteiger charge is -2.26. The van der Waals surface area contributed by atoms with Crippen molar-refractivity contribution in [2.24, 2.45) is 5.41 Å². The van der Waals surface area contributed by atoms with Crippen LogP contribution in [0.1, 0.15) is 38.8 Å². The molecule has 0 aromatic heterocycles. The zero-order chi connectivity index (χ0) is 12.5. The number of para-hydroxylation sites is 1. The van der Waals surface area contributed by atoms with Crippen molar-refractivity contribution in [1.82, 2.24) is 5.32 Å². The maximum Gasteiger partial charge on any atom is 0.0414 e. The van der Waals surface area contributed by atoms with Crippen LogP contribution in [0.4, 0.5) is 5.69 Å². The molecule has 0 aliphatic carbocycles. The van der Waals surface area contributed by atoms with Gasteiger partial charge in [-0.3, -0.25) is 0 Å². The highest BCUT2D eigenvalue weighted by Gasteiger charge is 2.30. The van der Waals surface area contributed by atoms with E-state index in [2.05, 4.69) is 55.3 Å². The molecule has 0 saturated carbocycles. The van der Waals surface area contributed by atoms with Crippen molar-refractivity contribution in [3.05, 3.63) is 29.8 Å². The maximum atomic E-state index is 3.34. The minimum atomic E-state index is 0.412. The fraction of sp³-hybridized carbons (Fsp3) is 0.600. The molecule has 2 nitrogen and oxygen atoms in total. The van der Waals surface area contributed by atoms with Gasteiger partial charge >= 0.3 is 0 Å². The van der Waals surface area contributed by atoms with Gasteiger partial charge in [0.15, 0.2) is 0 Å². The monoisotopic (exact) mass is 232 g/mol. The third kappa shape index (κ3) is 2.63. The van der Waals surface area contributed by atoms with E-state index in [9.17, 15) is 0 Å². The smallest absolute Gasteiger partial charge is 0.0414 e. The minimum absolute atomic E-state index is 0.412. The van der Waals surface area contributed by atoms with Gasteiger partial charge in [-0.05, 0) is 37.4 Å². The van der Waals surface area contributed by atoms with Gasteiger partial charge in [0.05, 0.1) is 0 Å². The van der Waals surface area contributed by atoms with Gasteiger partial charge in [0.1, 0.15) is 0 Å². The third-order valence-electron chi connectivity index (χ3n) is 3.85. The molecular formula is C15H24N2. The molecule has 1 saturated heterocycles. The first-order chi connectivity index (χ1) is 8.03. The van der Waals surface area contributed by atoms with Crippen LogP contribution < -0.4 is 10.2 Å². The van der Waals surface area contributed by atoms with Crippen molar-refractivity contribution in [3.63, 3.8) is 0 Å². The van der Waals surface area contributed by atoms with Gasteiger partial charge < -0.3 is 10.2 Å². The predicted octanol–water partition coefficient (Wildman–Crippen LogP) is 3.20. The zero-order valence-corrected chi connectivity index (χ0v) is 11.5. The number of hydrogen-bond donors (Lipinski definition) is 1. The molecule has 0 radical (unpaired) electrons. The Kier molecular flexibility index (Phi) is 3.43. The van der Waals surface area contributed by atoms with Crippen LogP contribution in [0.3, 0.4) is 0 Å². The lowest BCUT2D eigenvalue weighted by atomic mass is 9.93. The van der Waals surface area contributed by atoms with Crippen LogP contribution in [0.15, 0.2) is 24.3 Å². The standard InChI is InChI=1S/C15H24N2/c1-12(16-4)13-7-5-6-8-14(13)17-10-9-15(2,3)11-17/h5-8,12,16H,9-11H2,1-4H3.